The van der Waals surface area contributed by atoms with Gasteiger partial charge in [0.15, 0.2) is 5.96 Å². The van der Waals surface area contributed by atoms with Crippen LogP contribution in [0.4, 0.5) is 0 Å². The molecule has 3 nitrogen and oxygen atoms in total. The summed E-state index contributed by atoms with van der Waals surface area (Å²) >= 11 is 5.80. The number of nitrogens with zero attached hydrogens (tertiary/aromatic N) is 2. The Bertz CT molecular complexity index is 319. The van der Waals surface area contributed by atoms with E-state index in [2.05, 4.69) is 28.7 Å². The number of likely N-dealkylation sites (tertiary alicyclic amines) is 1. The third kappa shape index (κ3) is 4.81. The predicted molar refractivity (Wildman–Crippen MR) is 93.4 cm³/mol. The van der Waals surface area contributed by atoms with Gasteiger partial charge in [-0.15, -0.1) is 24.0 Å². The zero-order chi connectivity index (χ0) is 13.0. The van der Waals surface area contributed by atoms with E-state index in [1.54, 1.807) is 0 Å². The van der Waals surface area contributed by atoms with Crippen LogP contribution in [0.2, 0.25) is 0 Å². The first kappa shape index (κ1) is 17.1. The molecule has 0 aromatic rings. The standard InChI is InChI=1S/C14H24ClN3.HI/c1-3-16-14(17-8-11(2)15)18-9-12-6-4-5-7-13(12)10-18;/h12-13H,2-10H2,1H3,(H,16,17);1H. The second-order valence-corrected chi connectivity index (χ2v) is 5.93. The molecule has 2 aliphatic rings. The molecule has 1 aliphatic heterocycles. The molecular formula is C14H25ClIN3. The lowest BCUT2D eigenvalue weighted by Gasteiger charge is -2.22. The molecule has 1 saturated heterocycles. The van der Waals surface area contributed by atoms with Gasteiger partial charge in [-0.3, -0.25) is 0 Å². The third-order valence-corrected chi connectivity index (χ3v) is 4.13. The van der Waals surface area contributed by atoms with Gasteiger partial charge in [-0.05, 0) is 31.6 Å². The van der Waals surface area contributed by atoms with E-state index in [1.165, 1.54) is 25.7 Å². The second-order valence-electron chi connectivity index (χ2n) is 5.40. The minimum Gasteiger partial charge on any atom is -0.357 e. The quantitative estimate of drug-likeness (QED) is 0.449. The third-order valence-electron chi connectivity index (χ3n) is 4.01. The molecule has 5 heteroatoms. The molecule has 110 valence electrons. The number of hydrogen-bond acceptors (Lipinski definition) is 1. The normalized spacial score (nSPS) is 26.6. The van der Waals surface area contributed by atoms with E-state index in [0.717, 1.165) is 37.4 Å². The first-order chi connectivity index (χ1) is 8.70. The van der Waals surface area contributed by atoms with Crippen molar-refractivity contribution < 1.29 is 0 Å². The van der Waals surface area contributed by atoms with Crippen LogP contribution in [0.3, 0.4) is 0 Å². The van der Waals surface area contributed by atoms with Crippen molar-refractivity contribution >= 4 is 41.5 Å². The summed E-state index contributed by atoms with van der Waals surface area (Å²) in [5, 5.41) is 3.96. The summed E-state index contributed by atoms with van der Waals surface area (Å²) in [4.78, 5) is 6.96. The Morgan fingerprint density at radius 1 is 1.32 bits per heavy atom. The largest absolute Gasteiger partial charge is 0.357 e. The molecule has 1 saturated carbocycles. The molecule has 0 amide bonds. The maximum Gasteiger partial charge on any atom is 0.194 e. The van der Waals surface area contributed by atoms with Crippen LogP contribution in [0.25, 0.3) is 0 Å². The lowest BCUT2D eigenvalue weighted by Crippen LogP contribution is -2.40. The monoisotopic (exact) mass is 397 g/mol. The van der Waals surface area contributed by atoms with Crippen LogP contribution in [0.15, 0.2) is 16.6 Å². The van der Waals surface area contributed by atoms with Gasteiger partial charge in [-0.1, -0.05) is 31.0 Å². The van der Waals surface area contributed by atoms with Crippen LogP contribution in [-0.2, 0) is 0 Å². The number of rotatable bonds is 3. The van der Waals surface area contributed by atoms with Crippen molar-refractivity contribution in [2.24, 2.45) is 16.8 Å². The second kappa shape index (κ2) is 8.35. The lowest BCUT2D eigenvalue weighted by atomic mass is 9.82. The fourth-order valence-electron chi connectivity index (χ4n) is 3.17. The molecule has 0 aromatic heterocycles. The Balaban J connectivity index is 0.00000180. The van der Waals surface area contributed by atoms with Crippen LogP contribution in [0.1, 0.15) is 32.6 Å². The van der Waals surface area contributed by atoms with Crippen LogP contribution >= 0.6 is 35.6 Å². The van der Waals surface area contributed by atoms with E-state index >= 15 is 0 Å². The first-order valence-corrected chi connectivity index (χ1v) is 7.45. The summed E-state index contributed by atoms with van der Waals surface area (Å²) < 4.78 is 0. The fraction of sp³-hybridized carbons (Fsp3) is 0.786. The van der Waals surface area contributed by atoms with Crippen LogP contribution in [-0.4, -0.2) is 37.0 Å². The molecule has 2 unspecified atom stereocenters. The number of guanidine groups is 1. The van der Waals surface area contributed by atoms with E-state index in [-0.39, 0.29) is 24.0 Å². The number of fused-ring (bicyclic) bond motifs is 1. The Morgan fingerprint density at radius 2 is 1.89 bits per heavy atom. The van der Waals surface area contributed by atoms with Gasteiger partial charge in [-0.2, -0.15) is 0 Å². The minimum absolute atomic E-state index is 0. The number of nitrogens with one attached hydrogen (secondary N) is 1. The maximum absolute atomic E-state index is 5.80. The van der Waals surface area contributed by atoms with Gasteiger partial charge in [0.25, 0.3) is 0 Å². The zero-order valence-electron chi connectivity index (χ0n) is 11.7. The van der Waals surface area contributed by atoms with Crippen molar-refractivity contribution in [1.29, 1.82) is 0 Å². The fourth-order valence-corrected chi connectivity index (χ4v) is 3.23. The molecule has 1 aliphatic carbocycles. The molecule has 0 radical (unpaired) electrons. The highest BCUT2D eigenvalue weighted by Crippen LogP contribution is 2.35. The van der Waals surface area contributed by atoms with Gasteiger partial charge in [0, 0.05) is 24.7 Å². The van der Waals surface area contributed by atoms with Crippen molar-refractivity contribution in [3.05, 3.63) is 11.6 Å². The smallest absolute Gasteiger partial charge is 0.194 e. The average molecular weight is 398 g/mol. The van der Waals surface area contributed by atoms with E-state index < -0.39 is 0 Å². The average Bonchev–Trinajstić information content (AvgIpc) is 2.77. The van der Waals surface area contributed by atoms with E-state index in [0.29, 0.717) is 11.6 Å². The molecule has 19 heavy (non-hydrogen) atoms. The van der Waals surface area contributed by atoms with Crippen molar-refractivity contribution in [1.82, 2.24) is 10.2 Å². The van der Waals surface area contributed by atoms with Gasteiger partial charge < -0.3 is 10.2 Å². The Hall–Kier alpha value is 0.0300. The Labute approximate surface area is 138 Å². The van der Waals surface area contributed by atoms with Crippen molar-refractivity contribution in [2.75, 3.05) is 26.2 Å². The van der Waals surface area contributed by atoms with Crippen molar-refractivity contribution in [3.63, 3.8) is 0 Å². The lowest BCUT2D eigenvalue weighted by molar-refractivity contribution is 0.299. The SMILES string of the molecule is C=C(Cl)CN=C(NCC)N1CC2CCCCC2C1.I. The van der Waals surface area contributed by atoms with Crippen molar-refractivity contribution in [2.45, 2.75) is 32.6 Å². The molecule has 2 rings (SSSR count). The summed E-state index contributed by atoms with van der Waals surface area (Å²) in [6, 6.07) is 0. The van der Waals surface area contributed by atoms with Crippen LogP contribution in [0, 0.1) is 11.8 Å². The molecule has 2 fully saturated rings. The summed E-state index contributed by atoms with van der Waals surface area (Å²) in [5.74, 6) is 2.76. The Morgan fingerprint density at radius 3 is 2.37 bits per heavy atom. The van der Waals surface area contributed by atoms with Crippen LogP contribution in [0.5, 0.6) is 0 Å². The van der Waals surface area contributed by atoms with Gasteiger partial charge in [0.1, 0.15) is 0 Å². The Kier molecular flexibility index (Phi) is 7.50. The number of halogens is 2. The minimum atomic E-state index is 0. The molecule has 0 spiro atoms. The molecule has 1 N–H and O–H groups in total. The van der Waals surface area contributed by atoms with Gasteiger partial charge in [0.2, 0.25) is 0 Å². The summed E-state index contributed by atoms with van der Waals surface area (Å²) in [5.41, 5.74) is 0. The van der Waals surface area contributed by atoms with Crippen molar-refractivity contribution in [3.8, 4) is 0 Å². The zero-order valence-corrected chi connectivity index (χ0v) is 14.8. The first-order valence-electron chi connectivity index (χ1n) is 7.07. The van der Waals surface area contributed by atoms with E-state index in [9.17, 15) is 0 Å². The van der Waals surface area contributed by atoms with Crippen LogP contribution < -0.4 is 5.32 Å². The number of aliphatic imine (C=N–C) groups is 1. The summed E-state index contributed by atoms with van der Waals surface area (Å²) in [6.07, 6.45) is 5.59. The van der Waals surface area contributed by atoms with E-state index in [4.69, 9.17) is 11.6 Å². The topological polar surface area (TPSA) is 27.6 Å². The van der Waals surface area contributed by atoms with Gasteiger partial charge in [0.05, 0.1) is 6.54 Å². The molecule has 0 bridgehead atoms. The van der Waals surface area contributed by atoms with E-state index in [1.807, 2.05) is 0 Å². The number of hydrogen-bond donors (Lipinski definition) is 1. The molecule has 1 heterocycles. The maximum atomic E-state index is 5.80. The highest BCUT2D eigenvalue weighted by atomic mass is 127. The van der Waals surface area contributed by atoms with Gasteiger partial charge >= 0.3 is 0 Å². The highest BCUT2D eigenvalue weighted by Gasteiger charge is 2.35. The highest BCUT2D eigenvalue weighted by molar-refractivity contribution is 14.0. The predicted octanol–water partition coefficient (Wildman–Crippen LogP) is 3.44. The summed E-state index contributed by atoms with van der Waals surface area (Å²) in [7, 11) is 0. The van der Waals surface area contributed by atoms with Gasteiger partial charge in [-0.25, -0.2) is 4.99 Å². The molecule has 2 atom stereocenters. The molecular weight excluding hydrogens is 373 g/mol. The summed E-state index contributed by atoms with van der Waals surface area (Å²) in [6.45, 7) is 9.53. The molecule has 0 aromatic carbocycles.